The average molecular weight is 355 g/mol. The third kappa shape index (κ3) is 5.79. The lowest BCUT2D eigenvalue weighted by atomic mass is 9.98. The van der Waals surface area contributed by atoms with Crippen LogP contribution in [0.15, 0.2) is 0 Å². The van der Waals surface area contributed by atoms with Crippen LogP contribution in [-0.4, -0.2) is 70.8 Å². The Kier molecular flexibility index (Phi) is 6.13. The number of amides is 3. The van der Waals surface area contributed by atoms with Crippen molar-refractivity contribution in [1.82, 2.24) is 15.1 Å². The minimum absolute atomic E-state index is 0.00739. The van der Waals surface area contributed by atoms with Gasteiger partial charge in [-0.25, -0.2) is 9.59 Å². The first-order valence-electron chi connectivity index (χ1n) is 8.92. The molecule has 0 aromatic carbocycles. The fourth-order valence-corrected chi connectivity index (χ4v) is 3.24. The first-order chi connectivity index (χ1) is 11.7. The molecule has 2 N–H and O–H groups in total. The standard InChI is InChI=1S/C17H29N3O5/c1-17(2,3)25-15(23)18-13-6-9-19(10-7-13)16(24)20-8-4-5-12(11-20)14(21)22/h12-13H,4-11H2,1-3H3,(H,18,23)(H,21,22)/t12-/m0/s1. The molecule has 8 nitrogen and oxygen atoms in total. The molecule has 142 valence electrons. The van der Waals surface area contributed by atoms with Gasteiger partial charge in [0.25, 0.3) is 0 Å². The van der Waals surface area contributed by atoms with E-state index in [-0.39, 0.29) is 18.6 Å². The number of hydrogen-bond donors (Lipinski definition) is 2. The molecule has 0 saturated carbocycles. The van der Waals surface area contributed by atoms with E-state index in [9.17, 15) is 14.4 Å². The van der Waals surface area contributed by atoms with Gasteiger partial charge in [0, 0.05) is 32.2 Å². The molecule has 8 heteroatoms. The molecule has 2 rings (SSSR count). The maximum atomic E-state index is 12.6. The second kappa shape index (κ2) is 7.93. The van der Waals surface area contributed by atoms with E-state index in [0.717, 1.165) is 6.42 Å². The maximum absolute atomic E-state index is 12.6. The number of aliphatic carboxylic acids is 1. The number of carboxylic acid groups (broad SMARTS) is 1. The Hall–Kier alpha value is -1.99. The van der Waals surface area contributed by atoms with Crippen LogP contribution in [0.1, 0.15) is 46.5 Å². The number of piperidine rings is 2. The van der Waals surface area contributed by atoms with Crippen LogP contribution in [0, 0.1) is 5.92 Å². The molecule has 0 spiro atoms. The summed E-state index contributed by atoms with van der Waals surface area (Å²) in [7, 11) is 0. The average Bonchev–Trinajstić information content (AvgIpc) is 2.53. The number of likely N-dealkylation sites (tertiary alicyclic amines) is 2. The Labute approximate surface area is 148 Å². The van der Waals surface area contributed by atoms with Gasteiger partial charge >= 0.3 is 18.1 Å². The van der Waals surface area contributed by atoms with Crippen LogP contribution in [-0.2, 0) is 9.53 Å². The van der Waals surface area contributed by atoms with Crippen molar-refractivity contribution in [3.63, 3.8) is 0 Å². The second-order valence-corrected chi connectivity index (χ2v) is 7.81. The second-order valence-electron chi connectivity index (χ2n) is 7.81. The number of nitrogens with one attached hydrogen (secondary N) is 1. The lowest BCUT2D eigenvalue weighted by Gasteiger charge is -2.38. The van der Waals surface area contributed by atoms with Crippen molar-refractivity contribution in [1.29, 1.82) is 0 Å². The van der Waals surface area contributed by atoms with Gasteiger partial charge in [0.2, 0.25) is 0 Å². The van der Waals surface area contributed by atoms with Crippen molar-refractivity contribution in [3.8, 4) is 0 Å². The van der Waals surface area contributed by atoms with E-state index < -0.39 is 23.6 Å². The van der Waals surface area contributed by atoms with Crippen molar-refractivity contribution < 1.29 is 24.2 Å². The Morgan fingerprint density at radius 3 is 2.24 bits per heavy atom. The number of carboxylic acids is 1. The number of alkyl carbamates (subject to hydrolysis) is 1. The van der Waals surface area contributed by atoms with Crippen molar-refractivity contribution in [2.45, 2.75) is 58.1 Å². The Balaban J connectivity index is 1.78. The Bertz CT molecular complexity index is 509. The SMILES string of the molecule is CC(C)(C)OC(=O)NC1CCN(C(=O)N2CCC[C@H](C(=O)O)C2)CC1. The first-order valence-corrected chi connectivity index (χ1v) is 8.92. The summed E-state index contributed by atoms with van der Waals surface area (Å²) in [5, 5.41) is 12.0. The molecule has 0 aliphatic carbocycles. The number of ether oxygens (including phenoxy) is 1. The zero-order valence-corrected chi connectivity index (χ0v) is 15.3. The Morgan fingerprint density at radius 1 is 1.04 bits per heavy atom. The van der Waals surface area contributed by atoms with Gasteiger partial charge in [-0.05, 0) is 46.5 Å². The van der Waals surface area contributed by atoms with Gasteiger partial charge in [0.1, 0.15) is 5.60 Å². The number of nitrogens with zero attached hydrogens (tertiary/aromatic N) is 2. The highest BCUT2D eigenvalue weighted by Gasteiger charge is 2.32. The smallest absolute Gasteiger partial charge is 0.407 e. The summed E-state index contributed by atoms with van der Waals surface area (Å²) >= 11 is 0. The fraction of sp³-hybridized carbons (Fsp3) is 0.824. The molecule has 2 aliphatic heterocycles. The van der Waals surface area contributed by atoms with Crippen LogP contribution in [0.3, 0.4) is 0 Å². The zero-order valence-electron chi connectivity index (χ0n) is 15.3. The molecule has 0 aromatic rings. The molecule has 2 heterocycles. The molecule has 3 amide bonds. The molecule has 1 atom stereocenters. The van der Waals surface area contributed by atoms with Crippen LogP contribution in [0.25, 0.3) is 0 Å². The molecule has 0 bridgehead atoms. The molecule has 2 saturated heterocycles. The topological polar surface area (TPSA) is 99.2 Å². The maximum Gasteiger partial charge on any atom is 0.407 e. The van der Waals surface area contributed by atoms with Crippen LogP contribution in [0.2, 0.25) is 0 Å². The van der Waals surface area contributed by atoms with Gasteiger partial charge in [-0.2, -0.15) is 0 Å². The highest BCUT2D eigenvalue weighted by molar-refractivity contribution is 5.77. The van der Waals surface area contributed by atoms with Gasteiger partial charge < -0.3 is 25.0 Å². The lowest BCUT2D eigenvalue weighted by molar-refractivity contribution is -0.143. The molecule has 0 aromatic heterocycles. The predicted molar refractivity (Wildman–Crippen MR) is 91.3 cm³/mol. The van der Waals surface area contributed by atoms with Crippen molar-refractivity contribution in [2.24, 2.45) is 5.92 Å². The van der Waals surface area contributed by atoms with Crippen molar-refractivity contribution in [2.75, 3.05) is 26.2 Å². The van der Waals surface area contributed by atoms with Gasteiger partial charge in [-0.15, -0.1) is 0 Å². The van der Waals surface area contributed by atoms with E-state index >= 15 is 0 Å². The summed E-state index contributed by atoms with van der Waals surface area (Å²) in [5.74, 6) is -1.30. The van der Waals surface area contributed by atoms with Gasteiger partial charge in [0.05, 0.1) is 5.92 Å². The largest absolute Gasteiger partial charge is 0.481 e. The molecule has 2 aliphatic rings. The van der Waals surface area contributed by atoms with Crippen LogP contribution < -0.4 is 5.32 Å². The zero-order chi connectivity index (χ0) is 18.6. The summed E-state index contributed by atoms with van der Waals surface area (Å²) in [6.07, 6.45) is 2.25. The van der Waals surface area contributed by atoms with Crippen LogP contribution in [0.4, 0.5) is 9.59 Å². The monoisotopic (exact) mass is 355 g/mol. The first kappa shape index (κ1) is 19.3. The molecule has 25 heavy (non-hydrogen) atoms. The van der Waals surface area contributed by atoms with Gasteiger partial charge in [-0.1, -0.05) is 0 Å². The third-order valence-corrected chi connectivity index (χ3v) is 4.53. The number of hydrogen-bond acceptors (Lipinski definition) is 4. The van der Waals surface area contributed by atoms with Crippen LogP contribution in [0.5, 0.6) is 0 Å². The van der Waals surface area contributed by atoms with E-state index in [2.05, 4.69) is 5.32 Å². The Morgan fingerprint density at radius 2 is 1.68 bits per heavy atom. The summed E-state index contributed by atoms with van der Waals surface area (Å²) in [4.78, 5) is 38.9. The molecular weight excluding hydrogens is 326 g/mol. The van der Waals surface area contributed by atoms with Gasteiger partial charge in [0.15, 0.2) is 0 Å². The fourth-order valence-electron chi connectivity index (χ4n) is 3.24. The molecule has 0 unspecified atom stereocenters. The quantitative estimate of drug-likeness (QED) is 0.788. The summed E-state index contributed by atoms with van der Waals surface area (Å²) in [6.45, 7) is 7.44. The third-order valence-electron chi connectivity index (χ3n) is 4.53. The van der Waals surface area contributed by atoms with Crippen molar-refractivity contribution in [3.05, 3.63) is 0 Å². The highest BCUT2D eigenvalue weighted by atomic mass is 16.6. The van der Waals surface area contributed by atoms with E-state index in [4.69, 9.17) is 9.84 Å². The number of urea groups is 1. The number of carbonyl (C=O) groups excluding carboxylic acids is 2. The molecule has 0 radical (unpaired) electrons. The highest BCUT2D eigenvalue weighted by Crippen LogP contribution is 2.20. The lowest BCUT2D eigenvalue weighted by Crippen LogP contribution is -2.53. The van der Waals surface area contributed by atoms with E-state index in [1.807, 2.05) is 20.8 Å². The number of rotatable bonds is 2. The normalized spacial score (nSPS) is 22.4. The summed E-state index contributed by atoms with van der Waals surface area (Å²) in [5.41, 5.74) is -0.532. The van der Waals surface area contributed by atoms with Crippen LogP contribution >= 0.6 is 0 Å². The van der Waals surface area contributed by atoms with Crippen molar-refractivity contribution >= 4 is 18.1 Å². The van der Waals surface area contributed by atoms with E-state index in [1.54, 1.807) is 9.80 Å². The van der Waals surface area contributed by atoms with E-state index in [0.29, 0.717) is 38.9 Å². The summed E-state index contributed by atoms with van der Waals surface area (Å²) < 4.78 is 5.25. The molecular formula is C17H29N3O5. The summed E-state index contributed by atoms with van der Waals surface area (Å²) in [6, 6.07) is -0.103. The minimum Gasteiger partial charge on any atom is -0.481 e. The van der Waals surface area contributed by atoms with Gasteiger partial charge in [-0.3, -0.25) is 4.79 Å². The molecule has 2 fully saturated rings. The van der Waals surface area contributed by atoms with E-state index in [1.165, 1.54) is 0 Å². The number of carbonyl (C=O) groups is 3. The minimum atomic E-state index is -0.835. The predicted octanol–water partition coefficient (Wildman–Crippen LogP) is 1.89.